The second-order valence-electron chi connectivity index (χ2n) is 9.44. The van der Waals surface area contributed by atoms with Gasteiger partial charge in [-0.2, -0.15) is 0 Å². The summed E-state index contributed by atoms with van der Waals surface area (Å²) in [5.41, 5.74) is -0.472. The molecule has 2 atom stereocenters. The van der Waals surface area contributed by atoms with Gasteiger partial charge in [0.05, 0.1) is 18.4 Å². The van der Waals surface area contributed by atoms with Crippen molar-refractivity contribution in [3.8, 4) is 0 Å². The average molecular weight is 397 g/mol. The first-order valence-electron chi connectivity index (χ1n) is 11.7. The van der Waals surface area contributed by atoms with Crippen LogP contribution in [0.3, 0.4) is 0 Å². The fourth-order valence-corrected chi connectivity index (χ4v) is 3.88. The SMILES string of the molecule is CCCCCCCCCCCCOC(=O)C1CCCC(C(=O)OC(C)(C)C)C1. The first kappa shape index (κ1) is 25.0. The molecule has 0 aliphatic heterocycles. The van der Waals surface area contributed by atoms with Crippen LogP contribution < -0.4 is 0 Å². The van der Waals surface area contributed by atoms with Gasteiger partial charge in [-0.05, 0) is 46.5 Å². The third-order valence-corrected chi connectivity index (χ3v) is 5.49. The molecule has 4 heteroatoms. The van der Waals surface area contributed by atoms with Gasteiger partial charge in [-0.15, -0.1) is 0 Å². The van der Waals surface area contributed by atoms with Crippen molar-refractivity contribution in [2.75, 3.05) is 6.61 Å². The lowest BCUT2D eigenvalue weighted by Gasteiger charge is -2.29. The van der Waals surface area contributed by atoms with E-state index in [4.69, 9.17) is 9.47 Å². The summed E-state index contributed by atoms with van der Waals surface area (Å²) in [6.45, 7) is 8.41. The van der Waals surface area contributed by atoms with E-state index in [-0.39, 0.29) is 23.8 Å². The number of ether oxygens (including phenoxy) is 2. The van der Waals surface area contributed by atoms with Crippen molar-refractivity contribution in [1.29, 1.82) is 0 Å². The summed E-state index contributed by atoms with van der Waals surface area (Å²) in [7, 11) is 0. The van der Waals surface area contributed by atoms with Crippen molar-refractivity contribution >= 4 is 11.9 Å². The van der Waals surface area contributed by atoms with Gasteiger partial charge < -0.3 is 9.47 Å². The lowest BCUT2D eigenvalue weighted by atomic mass is 9.81. The quantitative estimate of drug-likeness (QED) is 0.260. The van der Waals surface area contributed by atoms with Gasteiger partial charge in [-0.1, -0.05) is 71.1 Å². The van der Waals surface area contributed by atoms with E-state index in [0.717, 1.165) is 32.1 Å². The van der Waals surface area contributed by atoms with E-state index in [2.05, 4.69) is 6.92 Å². The van der Waals surface area contributed by atoms with E-state index in [1.54, 1.807) is 0 Å². The molecule has 0 aromatic rings. The summed E-state index contributed by atoms with van der Waals surface area (Å²) in [5.74, 6) is -0.596. The number of rotatable bonds is 13. The Morgan fingerprint density at radius 2 is 1.29 bits per heavy atom. The largest absolute Gasteiger partial charge is 0.465 e. The van der Waals surface area contributed by atoms with Crippen LogP contribution in [0.15, 0.2) is 0 Å². The summed E-state index contributed by atoms with van der Waals surface area (Å²) in [6, 6.07) is 0. The molecule has 0 radical (unpaired) electrons. The van der Waals surface area contributed by atoms with Crippen LogP contribution >= 0.6 is 0 Å². The van der Waals surface area contributed by atoms with Gasteiger partial charge in [-0.25, -0.2) is 0 Å². The Morgan fingerprint density at radius 3 is 1.82 bits per heavy atom. The van der Waals surface area contributed by atoms with Gasteiger partial charge in [0.2, 0.25) is 0 Å². The predicted molar refractivity (Wildman–Crippen MR) is 114 cm³/mol. The maximum absolute atomic E-state index is 12.3. The zero-order valence-electron chi connectivity index (χ0n) is 18.9. The van der Waals surface area contributed by atoms with Crippen LogP contribution in [0, 0.1) is 11.8 Å². The molecule has 0 spiro atoms. The predicted octanol–water partition coefficient (Wildman–Crippen LogP) is 6.60. The first-order chi connectivity index (χ1) is 13.3. The molecule has 0 N–H and O–H groups in total. The minimum atomic E-state index is -0.472. The lowest BCUT2D eigenvalue weighted by molar-refractivity contribution is -0.163. The zero-order valence-corrected chi connectivity index (χ0v) is 18.9. The highest BCUT2D eigenvalue weighted by atomic mass is 16.6. The zero-order chi connectivity index (χ0) is 20.8. The molecule has 4 nitrogen and oxygen atoms in total. The normalized spacial score (nSPS) is 20.0. The molecule has 1 saturated carbocycles. The molecule has 1 rings (SSSR count). The Labute approximate surface area is 173 Å². The van der Waals surface area contributed by atoms with E-state index in [9.17, 15) is 9.59 Å². The highest BCUT2D eigenvalue weighted by Crippen LogP contribution is 2.31. The Hall–Kier alpha value is -1.06. The standard InChI is InChI=1S/C24H44O4/c1-5-6-7-8-9-10-11-12-13-14-18-27-22(25)20-16-15-17-21(19-20)23(26)28-24(2,3)4/h20-21H,5-19H2,1-4H3. The topological polar surface area (TPSA) is 52.6 Å². The van der Waals surface area contributed by atoms with Crippen LogP contribution in [-0.4, -0.2) is 24.1 Å². The number of esters is 2. The minimum absolute atomic E-state index is 0.121. The average Bonchev–Trinajstić information content (AvgIpc) is 2.64. The van der Waals surface area contributed by atoms with Crippen molar-refractivity contribution in [2.24, 2.45) is 11.8 Å². The molecule has 0 heterocycles. The highest BCUT2D eigenvalue weighted by molar-refractivity contribution is 5.76. The van der Waals surface area contributed by atoms with Crippen LogP contribution in [0.2, 0.25) is 0 Å². The van der Waals surface area contributed by atoms with E-state index < -0.39 is 5.60 Å². The molecule has 1 fully saturated rings. The van der Waals surface area contributed by atoms with Crippen LogP contribution in [0.25, 0.3) is 0 Å². The summed E-state index contributed by atoms with van der Waals surface area (Å²) in [4.78, 5) is 24.6. The second-order valence-corrected chi connectivity index (χ2v) is 9.44. The van der Waals surface area contributed by atoms with Crippen LogP contribution in [0.4, 0.5) is 0 Å². The third kappa shape index (κ3) is 11.7. The van der Waals surface area contributed by atoms with Crippen molar-refractivity contribution in [2.45, 2.75) is 123 Å². The third-order valence-electron chi connectivity index (χ3n) is 5.49. The maximum atomic E-state index is 12.3. The van der Waals surface area contributed by atoms with Crippen LogP contribution in [0.1, 0.15) is 118 Å². The second kappa shape index (κ2) is 14.0. The van der Waals surface area contributed by atoms with Gasteiger partial charge in [0.15, 0.2) is 0 Å². The Bertz CT molecular complexity index is 438. The van der Waals surface area contributed by atoms with Crippen LogP contribution in [0.5, 0.6) is 0 Å². The molecule has 0 aromatic carbocycles. The number of unbranched alkanes of at least 4 members (excludes halogenated alkanes) is 9. The summed E-state index contributed by atoms with van der Waals surface area (Å²) in [6.07, 6.45) is 15.8. The van der Waals surface area contributed by atoms with Gasteiger partial charge in [0, 0.05) is 0 Å². The van der Waals surface area contributed by atoms with Crippen molar-refractivity contribution in [3.63, 3.8) is 0 Å². The molecule has 1 aliphatic carbocycles. The van der Waals surface area contributed by atoms with E-state index in [0.29, 0.717) is 13.0 Å². The summed E-state index contributed by atoms with van der Waals surface area (Å²) in [5, 5.41) is 0. The van der Waals surface area contributed by atoms with Crippen LogP contribution in [-0.2, 0) is 19.1 Å². The Kier molecular flexibility index (Phi) is 12.5. The lowest BCUT2D eigenvalue weighted by Crippen LogP contribution is -2.33. The highest BCUT2D eigenvalue weighted by Gasteiger charge is 2.34. The Balaban J connectivity index is 2.09. The molecule has 2 unspecified atom stereocenters. The fraction of sp³-hybridized carbons (Fsp3) is 0.917. The van der Waals surface area contributed by atoms with Crippen molar-refractivity contribution in [3.05, 3.63) is 0 Å². The Morgan fingerprint density at radius 1 is 0.786 bits per heavy atom. The molecule has 28 heavy (non-hydrogen) atoms. The summed E-state index contributed by atoms with van der Waals surface area (Å²) >= 11 is 0. The minimum Gasteiger partial charge on any atom is -0.465 e. The number of hydrogen-bond donors (Lipinski definition) is 0. The molecule has 0 aromatic heterocycles. The number of hydrogen-bond acceptors (Lipinski definition) is 4. The molecule has 0 saturated heterocycles. The first-order valence-corrected chi connectivity index (χ1v) is 11.7. The number of carbonyl (C=O) groups is 2. The van der Waals surface area contributed by atoms with Gasteiger partial charge in [-0.3, -0.25) is 9.59 Å². The molecule has 164 valence electrons. The molecular formula is C24H44O4. The van der Waals surface area contributed by atoms with E-state index in [1.807, 2.05) is 20.8 Å². The fourth-order valence-electron chi connectivity index (χ4n) is 3.88. The van der Waals surface area contributed by atoms with Gasteiger partial charge in [0.25, 0.3) is 0 Å². The van der Waals surface area contributed by atoms with Crippen molar-refractivity contribution < 1.29 is 19.1 Å². The molecular weight excluding hydrogens is 352 g/mol. The number of carbonyl (C=O) groups excluding carboxylic acids is 2. The van der Waals surface area contributed by atoms with E-state index >= 15 is 0 Å². The monoisotopic (exact) mass is 396 g/mol. The molecule has 1 aliphatic rings. The molecule has 0 bridgehead atoms. The maximum Gasteiger partial charge on any atom is 0.309 e. The van der Waals surface area contributed by atoms with E-state index in [1.165, 1.54) is 51.4 Å². The van der Waals surface area contributed by atoms with Gasteiger partial charge >= 0.3 is 11.9 Å². The molecule has 0 amide bonds. The van der Waals surface area contributed by atoms with Gasteiger partial charge in [0.1, 0.15) is 5.60 Å². The summed E-state index contributed by atoms with van der Waals surface area (Å²) < 4.78 is 11.0. The van der Waals surface area contributed by atoms with Crippen molar-refractivity contribution in [1.82, 2.24) is 0 Å². The smallest absolute Gasteiger partial charge is 0.309 e.